The van der Waals surface area contributed by atoms with E-state index in [1.807, 2.05) is 0 Å². The van der Waals surface area contributed by atoms with Gasteiger partial charge in [-0.2, -0.15) is 0 Å². The molecule has 1 rings (SSSR count). The van der Waals surface area contributed by atoms with E-state index < -0.39 is 5.97 Å². The molecule has 0 saturated heterocycles. The first-order chi connectivity index (χ1) is 8.11. The Kier molecular flexibility index (Phi) is 5.08. The molecule has 0 unspecified atom stereocenters. The van der Waals surface area contributed by atoms with Gasteiger partial charge in [-0.15, -0.1) is 5.10 Å². The summed E-state index contributed by atoms with van der Waals surface area (Å²) in [5.41, 5.74) is 0.532. The Hall–Kier alpha value is -1.96. The van der Waals surface area contributed by atoms with Crippen LogP contribution in [0.4, 0.5) is 0 Å². The lowest BCUT2D eigenvalue weighted by atomic mass is 10.4. The van der Waals surface area contributed by atoms with E-state index in [-0.39, 0.29) is 19.0 Å². The SMILES string of the molecule is CNCCC(=O)NCc1cn(CC(=O)O)nn1. The van der Waals surface area contributed by atoms with E-state index in [9.17, 15) is 9.59 Å². The molecular formula is C9H15N5O3. The molecule has 1 heterocycles. The third-order valence-electron chi connectivity index (χ3n) is 1.95. The molecule has 0 fully saturated rings. The topological polar surface area (TPSA) is 109 Å². The zero-order chi connectivity index (χ0) is 12.7. The maximum absolute atomic E-state index is 11.3. The Morgan fingerprint density at radius 1 is 1.53 bits per heavy atom. The molecule has 0 saturated carbocycles. The monoisotopic (exact) mass is 241 g/mol. The van der Waals surface area contributed by atoms with E-state index in [0.29, 0.717) is 18.7 Å². The molecular weight excluding hydrogens is 226 g/mol. The van der Waals surface area contributed by atoms with Crippen molar-refractivity contribution >= 4 is 11.9 Å². The molecule has 1 amide bonds. The van der Waals surface area contributed by atoms with Gasteiger partial charge in [0.1, 0.15) is 12.2 Å². The molecule has 1 aromatic rings. The maximum atomic E-state index is 11.3. The maximum Gasteiger partial charge on any atom is 0.325 e. The predicted molar refractivity (Wildman–Crippen MR) is 58.0 cm³/mol. The van der Waals surface area contributed by atoms with Crippen LogP contribution in [0.25, 0.3) is 0 Å². The number of aromatic nitrogens is 3. The molecule has 0 spiro atoms. The molecule has 0 radical (unpaired) electrons. The van der Waals surface area contributed by atoms with E-state index in [4.69, 9.17) is 5.11 Å². The largest absolute Gasteiger partial charge is 0.480 e. The number of carbonyl (C=O) groups is 2. The van der Waals surface area contributed by atoms with Crippen LogP contribution in [0.1, 0.15) is 12.1 Å². The molecule has 0 aliphatic carbocycles. The lowest BCUT2D eigenvalue weighted by Gasteiger charge is -2.01. The Morgan fingerprint density at radius 3 is 2.94 bits per heavy atom. The Bertz CT molecular complexity index is 390. The number of carbonyl (C=O) groups excluding carboxylic acids is 1. The highest BCUT2D eigenvalue weighted by molar-refractivity contribution is 5.75. The first-order valence-electron chi connectivity index (χ1n) is 5.14. The molecule has 94 valence electrons. The lowest BCUT2D eigenvalue weighted by molar-refractivity contribution is -0.138. The molecule has 0 aliphatic rings. The normalized spacial score (nSPS) is 10.2. The van der Waals surface area contributed by atoms with Crippen molar-refractivity contribution in [2.24, 2.45) is 0 Å². The Balaban J connectivity index is 2.34. The van der Waals surface area contributed by atoms with Gasteiger partial charge >= 0.3 is 5.97 Å². The van der Waals surface area contributed by atoms with Gasteiger partial charge in [-0.05, 0) is 7.05 Å². The molecule has 0 bridgehead atoms. The Morgan fingerprint density at radius 2 is 2.29 bits per heavy atom. The van der Waals surface area contributed by atoms with Crippen molar-refractivity contribution in [3.63, 3.8) is 0 Å². The van der Waals surface area contributed by atoms with Gasteiger partial charge in [-0.25, -0.2) is 4.68 Å². The number of nitrogens with one attached hydrogen (secondary N) is 2. The molecule has 8 nitrogen and oxygen atoms in total. The number of rotatable bonds is 7. The third-order valence-corrected chi connectivity index (χ3v) is 1.95. The van der Waals surface area contributed by atoms with Crippen LogP contribution in [-0.2, 0) is 22.7 Å². The van der Waals surface area contributed by atoms with Gasteiger partial charge in [-0.3, -0.25) is 9.59 Å². The van der Waals surface area contributed by atoms with Gasteiger partial charge in [0.05, 0.1) is 12.7 Å². The number of nitrogens with zero attached hydrogens (tertiary/aromatic N) is 3. The summed E-state index contributed by atoms with van der Waals surface area (Å²) >= 11 is 0. The minimum atomic E-state index is -0.987. The van der Waals surface area contributed by atoms with Crippen LogP contribution in [0.2, 0.25) is 0 Å². The lowest BCUT2D eigenvalue weighted by Crippen LogP contribution is -2.26. The highest BCUT2D eigenvalue weighted by atomic mass is 16.4. The summed E-state index contributed by atoms with van der Waals surface area (Å²) in [5.74, 6) is -1.08. The molecule has 0 aliphatic heterocycles. The summed E-state index contributed by atoms with van der Waals surface area (Å²) in [4.78, 5) is 21.7. The fourth-order valence-corrected chi connectivity index (χ4v) is 1.15. The van der Waals surface area contributed by atoms with Crippen LogP contribution in [0, 0.1) is 0 Å². The van der Waals surface area contributed by atoms with Crippen LogP contribution in [-0.4, -0.2) is 45.6 Å². The highest BCUT2D eigenvalue weighted by Crippen LogP contribution is 1.93. The van der Waals surface area contributed by atoms with Crippen molar-refractivity contribution in [2.45, 2.75) is 19.5 Å². The summed E-state index contributed by atoms with van der Waals surface area (Å²) in [7, 11) is 1.77. The van der Waals surface area contributed by atoms with E-state index in [1.165, 1.54) is 10.9 Å². The number of amides is 1. The standard InChI is InChI=1S/C9H15N5O3/c1-10-3-2-8(15)11-4-7-5-14(13-12-7)6-9(16)17/h5,10H,2-4,6H2,1H3,(H,11,15)(H,16,17). The molecule has 17 heavy (non-hydrogen) atoms. The van der Waals surface area contributed by atoms with Gasteiger partial charge in [0.25, 0.3) is 0 Å². The third kappa shape index (κ3) is 5.07. The minimum Gasteiger partial charge on any atom is -0.480 e. The van der Waals surface area contributed by atoms with Crippen LogP contribution in [0.5, 0.6) is 0 Å². The molecule has 0 aromatic carbocycles. The Labute approximate surface area is 98.0 Å². The first kappa shape index (κ1) is 13.1. The molecule has 3 N–H and O–H groups in total. The van der Waals surface area contributed by atoms with Gasteiger partial charge in [0.15, 0.2) is 0 Å². The molecule has 8 heteroatoms. The molecule has 1 aromatic heterocycles. The van der Waals surface area contributed by atoms with Crippen LogP contribution < -0.4 is 10.6 Å². The number of aliphatic carboxylic acids is 1. The van der Waals surface area contributed by atoms with Crippen LogP contribution in [0.3, 0.4) is 0 Å². The van der Waals surface area contributed by atoms with Gasteiger partial charge in [0.2, 0.25) is 5.91 Å². The fraction of sp³-hybridized carbons (Fsp3) is 0.556. The van der Waals surface area contributed by atoms with Crippen molar-refractivity contribution in [1.82, 2.24) is 25.6 Å². The average Bonchev–Trinajstić information content (AvgIpc) is 2.70. The van der Waals surface area contributed by atoms with E-state index >= 15 is 0 Å². The van der Waals surface area contributed by atoms with E-state index in [2.05, 4.69) is 20.9 Å². The second kappa shape index (κ2) is 6.59. The molecule has 0 atom stereocenters. The van der Waals surface area contributed by atoms with Gasteiger partial charge in [0, 0.05) is 13.0 Å². The van der Waals surface area contributed by atoms with Gasteiger partial charge < -0.3 is 15.7 Å². The first-order valence-corrected chi connectivity index (χ1v) is 5.14. The number of carboxylic acids is 1. The summed E-state index contributed by atoms with van der Waals surface area (Å²) in [6, 6.07) is 0. The summed E-state index contributed by atoms with van der Waals surface area (Å²) < 4.78 is 1.21. The summed E-state index contributed by atoms with van der Waals surface area (Å²) in [6.07, 6.45) is 1.88. The zero-order valence-electron chi connectivity index (χ0n) is 9.51. The zero-order valence-corrected chi connectivity index (χ0v) is 9.51. The van der Waals surface area contributed by atoms with Crippen molar-refractivity contribution in [1.29, 1.82) is 0 Å². The smallest absolute Gasteiger partial charge is 0.325 e. The van der Waals surface area contributed by atoms with Crippen molar-refractivity contribution in [2.75, 3.05) is 13.6 Å². The van der Waals surface area contributed by atoms with Crippen molar-refractivity contribution in [3.8, 4) is 0 Å². The minimum absolute atomic E-state index is 0.0906. The van der Waals surface area contributed by atoms with Crippen molar-refractivity contribution in [3.05, 3.63) is 11.9 Å². The predicted octanol–water partition coefficient (Wildman–Crippen LogP) is -1.41. The second-order valence-corrected chi connectivity index (χ2v) is 3.43. The number of hydrogen-bond acceptors (Lipinski definition) is 5. The van der Waals surface area contributed by atoms with E-state index in [1.54, 1.807) is 7.05 Å². The second-order valence-electron chi connectivity index (χ2n) is 3.43. The highest BCUT2D eigenvalue weighted by Gasteiger charge is 2.05. The van der Waals surface area contributed by atoms with Crippen molar-refractivity contribution < 1.29 is 14.7 Å². The quantitative estimate of drug-likeness (QED) is 0.541. The van der Waals surface area contributed by atoms with E-state index in [0.717, 1.165) is 0 Å². The van der Waals surface area contributed by atoms with Crippen LogP contribution >= 0.6 is 0 Å². The number of hydrogen-bond donors (Lipinski definition) is 3. The fourth-order valence-electron chi connectivity index (χ4n) is 1.15. The number of carboxylic acid groups (broad SMARTS) is 1. The van der Waals surface area contributed by atoms with Gasteiger partial charge in [-0.1, -0.05) is 5.21 Å². The summed E-state index contributed by atoms with van der Waals surface area (Å²) in [6.45, 7) is 0.625. The van der Waals surface area contributed by atoms with Crippen LogP contribution in [0.15, 0.2) is 6.20 Å². The average molecular weight is 241 g/mol. The summed E-state index contributed by atoms with van der Waals surface area (Å²) in [5, 5.41) is 21.4.